The van der Waals surface area contributed by atoms with E-state index in [2.05, 4.69) is 15.3 Å². The van der Waals surface area contributed by atoms with E-state index < -0.39 is 0 Å². The number of amides is 1. The first-order valence-electron chi connectivity index (χ1n) is 7.05. The molecule has 2 heterocycles. The van der Waals surface area contributed by atoms with Crippen molar-refractivity contribution in [1.29, 1.82) is 0 Å². The summed E-state index contributed by atoms with van der Waals surface area (Å²) in [6.07, 6.45) is 4.96. The SMILES string of the molecule is CCOc1ncc(NC(=O)Cn2ccc3ccccc32)cn1. The van der Waals surface area contributed by atoms with Crippen LogP contribution in [0.2, 0.25) is 0 Å². The largest absolute Gasteiger partial charge is 0.464 e. The molecule has 6 nitrogen and oxygen atoms in total. The van der Waals surface area contributed by atoms with Crippen LogP contribution >= 0.6 is 0 Å². The second-order valence-electron chi connectivity index (χ2n) is 4.74. The molecule has 0 saturated carbocycles. The molecule has 1 amide bonds. The van der Waals surface area contributed by atoms with E-state index in [1.165, 1.54) is 12.4 Å². The van der Waals surface area contributed by atoms with Crippen molar-refractivity contribution in [3.05, 3.63) is 48.9 Å². The summed E-state index contributed by atoms with van der Waals surface area (Å²) in [4.78, 5) is 20.1. The molecule has 2 aromatic heterocycles. The van der Waals surface area contributed by atoms with Gasteiger partial charge in [0.25, 0.3) is 0 Å². The number of hydrogen-bond donors (Lipinski definition) is 1. The summed E-state index contributed by atoms with van der Waals surface area (Å²) in [6, 6.07) is 10.2. The van der Waals surface area contributed by atoms with E-state index in [9.17, 15) is 4.79 Å². The number of rotatable bonds is 5. The summed E-state index contributed by atoms with van der Waals surface area (Å²) in [5.41, 5.74) is 1.57. The third-order valence-corrected chi connectivity index (χ3v) is 3.18. The molecular weight excluding hydrogens is 280 g/mol. The van der Waals surface area contributed by atoms with Crippen LogP contribution < -0.4 is 10.1 Å². The molecule has 0 aliphatic heterocycles. The number of para-hydroxylation sites is 1. The highest BCUT2D eigenvalue weighted by Crippen LogP contribution is 2.15. The van der Waals surface area contributed by atoms with Crippen molar-refractivity contribution in [3.8, 4) is 6.01 Å². The van der Waals surface area contributed by atoms with E-state index in [0.29, 0.717) is 18.3 Å². The van der Waals surface area contributed by atoms with Gasteiger partial charge in [-0.3, -0.25) is 4.79 Å². The Morgan fingerprint density at radius 2 is 2.00 bits per heavy atom. The first-order chi connectivity index (χ1) is 10.8. The average Bonchev–Trinajstić information content (AvgIpc) is 2.93. The summed E-state index contributed by atoms with van der Waals surface area (Å²) < 4.78 is 7.06. The molecule has 0 spiro atoms. The van der Waals surface area contributed by atoms with Crippen molar-refractivity contribution in [2.45, 2.75) is 13.5 Å². The number of nitrogens with zero attached hydrogens (tertiary/aromatic N) is 3. The molecule has 0 saturated heterocycles. The zero-order valence-electron chi connectivity index (χ0n) is 12.2. The molecule has 1 N–H and O–H groups in total. The fraction of sp³-hybridized carbons (Fsp3) is 0.188. The van der Waals surface area contributed by atoms with Crippen molar-refractivity contribution in [3.63, 3.8) is 0 Å². The van der Waals surface area contributed by atoms with E-state index in [-0.39, 0.29) is 12.5 Å². The molecule has 0 fully saturated rings. The summed E-state index contributed by atoms with van der Waals surface area (Å²) in [5.74, 6) is -0.130. The fourth-order valence-corrected chi connectivity index (χ4v) is 2.22. The first-order valence-corrected chi connectivity index (χ1v) is 7.05. The Morgan fingerprint density at radius 3 is 2.77 bits per heavy atom. The van der Waals surface area contributed by atoms with Gasteiger partial charge in [0.2, 0.25) is 5.91 Å². The molecule has 3 aromatic rings. The quantitative estimate of drug-likeness (QED) is 0.785. The van der Waals surface area contributed by atoms with Gasteiger partial charge >= 0.3 is 6.01 Å². The van der Waals surface area contributed by atoms with Gasteiger partial charge in [0, 0.05) is 11.7 Å². The molecule has 0 unspecified atom stereocenters. The Labute approximate surface area is 127 Å². The van der Waals surface area contributed by atoms with Gasteiger partial charge in [-0.2, -0.15) is 0 Å². The third-order valence-electron chi connectivity index (χ3n) is 3.18. The Hall–Kier alpha value is -2.89. The summed E-state index contributed by atoms with van der Waals surface area (Å²) in [6.45, 7) is 2.60. The van der Waals surface area contributed by atoms with E-state index in [1.807, 2.05) is 48.0 Å². The number of carbonyl (C=O) groups is 1. The Balaban J connectivity index is 1.67. The number of benzene rings is 1. The molecule has 0 radical (unpaired) electrons. The van der Waals surface area contributed by atoms with Gasteiger partial charge in [-0.25, -0.2) is 9.97 Å². The van der Waals surface area contributed by atoms with Gasteiger partial charge in [0.05, 0.1) is 24.7 Å². The molecule has 0 bridgehead atoms. The number of carbonyl (C=O) groups excluding carboxylic acids is 1. The van der Waals surface area contributed by atoms with Crippen LogP contribution in [0.1, 0.15) is 6.92 Å². The molecule has 0 aliphatic carbocycles. The third kappa shape index (κ3) is 3.06. The Bertz CT molecular complexity index is 780. The lowest BCUT2D eigenvalue weighted by Crippen LogP contribution is -2.18. The minimum Gasteiger partial charge on any atom is -0.464 e. The van der Waals surface area contributed by atoms with Crippen LogP contribution in [0, 0.1) is 0 Å². The van der Waals surface area contributed by atoms with Crippen molar-refractivity contribution in [1.82, 2.24) is 14.5 Å². The highest BCUT2D eigenvalue weighted by molar-refractivity contribution is 5.91. The second kappa shape index (κ2) is 6.26. The van der Waals surface area contributed by atoms with Crippen LogP contribution in [0.4, 0.5) is 5.69 Å². The highest BCUT2D eigenvalue weighted by atomic mass is 16.5. The maximum absolute atomic E-state index is 12.1. The lowest BCUT2D eigenvalue weighted by atomic mass is 10.2. The van der Waals surface area contributed by atoms with Gasteiger partial charge in [-0.05, 0) is 24.4 Å². The van der Waals surface area contributed by atoms with E-state index in [0.717, 1.165) is 10.9 Å². The Morgan fingerprint density at radius 1 is 1.23 bits per heavy atom. The molecule has 1 aromatic carbocycles. The smallest absolute Gasteiger partial charge is 0.316 e. The van der Waals surface area contributed by atoms with Gasteiger partial charge < -0.3 is 14.6 Å². The molecule has 0 aliphatic rings. The van der Waals surface area contributed by atoms with Crippen LogP contribution in [0.3, 0.4) is 0 Å². The van der Waals surface area contributed by atoms with Gasteiger partial charge in [0.1, 0.15) is 6.54 Å². The van der Waals surface area contributed by atoms with E-state index >= 15 is 0 Å². The van der Waals surface area contributed by atoms with Crippen LogP contribution in [-0.2, 0) is 11.3 Å². The second-order valence-corrected chi connectivity index (χ2v) is 4.74. The predicted molar refractivity (Wildman–Crippen MR) is 83.8 cm³/mol. The van der Waals surface area contributed by atoms with Gasteiger partial charge in [-0.1, -0.05) is 18.2 Å². The molecule has 112 valence electrons. The zero-order valence-corrected chi connectivity index (χ0v) is 12.2. The van der Waals surface area contributed by atoms with Crippen molar-refractivity contribution in [2.24, 2.45) is 0 Å². The van der Waals surface area contributed by atoms with Crippen LogP contribution in [0.15, 0.2) is 48.9 Å². The van der Waals surface area contributed by atoms with Crippen LogP contribution in [0.25, 0.3) is 10.9 Å². The molecular formula is C16H16N4O2. The van der Waals surface area contributed by atoms with Crippen molar-refractivity contribution < 1.29 is 9.53 Å². The number of fused-ring (bicyclic) bond motifs is 1. The number of aromatic nitrogens is 3. The predicted octanol–water partition coefficient (Wildman–Crippen LogP) is 2.47. The van der Waals surface area contributed by atoms with Gasteiger partial charge in [0.15, 0.2) is 0 Å². The Kier molecular flexibility index (Phi) is 4.00. The van der Waals surface area contributed by atoms with E-state index in [4.69, 9.17) is 4.74 Å². The maximum atomic E-state index is 12.1. The molecule has 0 atom stereocenters. The molecule has 6 heteroatoms. The minimum absolute atomic E-state index is 0.130. The topological polar surface area (TPSA) is 69.0 Å². The number of nitrogens with one attached hydrogen (secondary N) is 1. The van der Waals surface area contributed by atoms with Crippen molar-refractivity contribution in [2.75, 3.05) is 11.9 Å². The lowest BCUT2D eigenvalue weighted by Gasteiger charge is -2.07. The fourth-order valence-electron chi connectivity index (χ4n) is 2.22. The molecule has 22 heavy (non-hydrogen) atoms. The number of hydrogen-bond acceptors (Lipinski definition) is 4. The zero-order chi connectivity index (χ0) is 15.4. The number of ether oxygens (including phenoxy) is 1. The van der Waals surface area contributed by atoms with Crippen LogP contribution in [0.5, 0.6) is 6.01 Å². The highest BCUT2D eigenvalue weighted by Gasteiger charge is 2.07. The summed E-state index contributed by atoms with van der Waals surface area (Å²) in [7, 11) is 0. The standard InChI is InChI=1S/C16H16N4O2/c1-2-22-16-17-9-13(10-18-16)19-15(21)11-20-8-7-12-5-3-4-6-14(12)20/h3-10H,2,11H2,1H3,(H,19,21). The number of anilines is 1. The average molecular weight is 296 g/mol. The molecule has 3 rings (SSSR count). The van der Waals surface area contributed by atoms with Gasteiger partial charge in [-0.15, -0.1) is 0 Å². The minimum atomic E-state index is -0.130. The first kappa shape index (κ1) is 14.1. The normalized spacial score (nSPS) is 10.6. The lowest BCUT2D eigenvalue weighted by molar-refractivity contribution is -0.116. The maximum Gasteiger partial charge on any atom is 0.316 e. The summed E-state index contributed by atoms with van der Waals surface area (Å²) >= 11 is 0. The van der Waals surface area contributed by atoms with Crippen molar-refractivity contribution >= 4 is 22.5 Å². The monoisotopic (exact) mass is 296 g/mol. The van der Waals surface area contributed by atoms with E-state index in [1.54, 1.807) is 0 Å². The summed E-state index contributed by atoms with van der Waals surface area (Å²) in [5, 5.41) is 3.88. The van der Waals surface area contributed by atoms with Crippen LogP contribution in [-0.4, -0.2) is 27.0 Å².